The van der Waals surface area contributed by atoms with Crippen LogP contribution >= 0.6 is 0 Å². The first kappa shape index (κ1) is 16.3. The Morgan fingerprint density at radius 3 is 2.36 bits per heavy atom. The number of primary amides is 1. The van der Waals surface area contributed by atoms with E-state index in [4.69, 9.17) is 10.5 Å². The van der Waals surface area contributed by atoms with Gasteiger partial charge < -0.3 is 15.4 Å². The van der Waals surface area contributed by atoms with E-state index in [-0.39, 0.29) is 17.9 Å². The Bertz CT molecular complexity index is 537. The summed E-state index contributed by atoms with van der Waals surface area (Å²) >= 11 is 0. The van der Waals surface area contributed by atoms with Crippen molar-refractivity contribution >= 4 is 12.0 Å². The molecule has 1 fully saturated rings. The minimum atomic E-state index is -0.571. The second kappa shape index (κ2) is 6.38. The molecule has 2 amide bonds. The molecule has 5 nitrogen and oxygen atoms in total. The maximum atomic E-state index is 12.5. The summed E-state index contributed by atoms with van der Waals surface area (Å²) in [5.74, 6) is -0.674. The number of rotatable bonds is 2. The lowest BCUT2D eigenvalue weighted by molar-refractivity contribution is -0.123. The van der Waals surface area contributed by atoms with Gasteiger partial charge in [0.15, 0.2) is 0 Å². The number of carbonyl (C=O) groups excluding carboxylic acids is 2. The van der Waals surface area contributed by atoms with E-state index in [1.165, 1.54) is 0 Å². The van der Waals surface area contributed by atoms with Crippen molar-refractivity contribution in [1.29, 1.82) is 0 Å². The first-order chi connectivity index (χ1) is 10.3. The van der Waals surface area contributed by atoms with Gasteiger partial charge in [-0.15, -0.1) is 0 Å². The number of nitrogens with zero attached hydrogens (tertiary/aromatic N) is 1. The smallest absolute Gasteiger partial charge is 0.410 e. The molecule has 1 saturated heterocycles. The van der Waals surface area contributed by atoms with Gasteiger partial charge in [-0.2, -0.15) is 0 Å². The zero-order chi connectivity index (χ0) is 16.3. The van der Waals surface area contributed by atoms with Gasteiger partial charge in [0.05, 0.1) is 12.0 Å². The molecule has 5 heteroatoms. The number of benzene rings is 1. The lowest BCUT2D eigenvalue weighted by Crippen LogP contribution is -2.47. The van der Waals surface area contributed by atoms with Gasteiger partial charge in [-0.25, -0.2) is 4.79 Å². The average molecular weight is 304 g/mol. The highest BCUT2D eigenvalue weighted by Gasteiger charge is 2.36. The first-order valence-corrected chi connectivity index (χ1v) is 7.62. The largest absolute Gasteiger partial charge is 0.444 e. The maximum absolute atomic E-state index is 12.5. The van der Waals surface area contributed by atoms with Crippen LogP contribution in [-0.2, 0) is 9.53 Å². The maximum Gasteiger partial charge on any atom is 0.410 e. The lowest BCUT2D eigenvalue weighted by Gasteiger charge is -2.39. The SMILES string of the molecule is CC(C)(C)OC(=O)N1CC(C(N)=O)CCC1c1ccccc1. The molecule has 0 aliphatic carbocycles. The molecule has 2 N–H and O–H groups in total. The number of hydrogen-bond donors (Lipinski definition) is 1. The summed E-state index contributed by atoms with van der Waals surface area (Å²) in [6, 6.07) is 9.74. The number of ether oxygens (including phenoxy) is 1. The molecule has 2 unspecified atom stereocenters. The summed E-state index contributed by atoms with van der Waals surface area (Å²) in [6.07, 6.45) is 0.998. The van der Waals surface area contributed by atoms with Crippen LogP contribution in [0.1, 0.15) is 45.2 Å². The first-order valence-electron chi connectivity index (χ1n) is 7.62. The number of likely N-dealkylation sites (tertiary alicyclic amines) is 1. The Labute approximate surface area is 131 Å². The van der Waals surface area contributed by atoms with Crippen molar-refractivity contribution in [3.05, 3.63) is 35.9 Å². The molecule has 0 saturated carbocycles. The van der Waals surface area contributed by atoms with Gasteiger partial charge in [0.25, 0.3) is 0 Å². The van der Waals surface area contributed by atoms with Crippen molar-refractivity contribution < 1.29 is 14.3 Å². The summed E-state index contributed by atoms with van der Waals surface area (Å²) in [7, 11) is 0. The molecule has 2 atom stereocenters. The van der Waals surface area contributed by atoms with Gasteiger partial charge in [-0.05, 0) is 39.2 Å². The van der Waals surface area contributed by atoms with Gasteiger partial charge >= 0.3 is 6.09 Å². The van der Waals surface area contributed by atoms with Crippen LogP contribution < -0.4 is 5.73 Å². The topological polar surface area (TPSA) is 72.6 Å². The second-order valence-corrected chi connectivity index (χ2v) is 6.74. The third-order valence-electron chi connectivity index (χ3n) is 3.80. The minimum absolute atomic E-state index is 0.0772. The summed E-state index contributed by atoms with van der Waals surface area (Å²) < 4.78 is 5.49. The van der Waals surface area contributed by atoms with Crippen molar-refractivity contribution in [2.45, 2.75) is 45.3 Å². The number of hydrogen-bond acceptors (Lipinski definition) is 3. The quantitative estimate of drug-likeness (QED) is 0.913. The number of piperidine rings is 1. The average Bonchev–Trinajstić information content (AvgIpc) is 2.45. The van der Waals surface area contributed by atoms with Gasteiger partial charge in [0.1, 0.15) is 5.60 Å². The van der Waals surface area contributed by atoms with E-state index in [1.807, 2.05) is 51.1 Å². The van der Waals surface area contributed by atoms with Crippen molar-refractivity contribution in [3.8, 4) is 0 Å². The number of nitrogens with two attached hydrogens (primary N) is 1. The van der Waals surface area contributed by atoms with Crippen LogP contribution in [0.5, 0.6) is 0 Å². The minimum Gasteiger partial charge on any atom is -0.444 e. The lowest BCUT2D eigenvalue weighted by atomic mass is 9.89. The van der Waals surface area contributed by atoms with E-state index in [2.05, 4.69) is 0 Å². The van der Waals surface area contributed by atoms with E-state index >= 15 is 0 Å². The molecule has 120 valence electrons. The highest BCUT2D eigenvalue weighted by atomic mass is 16.6. The predicted molar refractivity (Wildman–Crippen MR) is 84.0 cm³/mol. The fraction of sp³-hybridized carbons (Fsp3) is 0.529. The van der Waals surface area contributed by atoms with Crippen LogP contribution in [-0.4, -0.2) is 29.0 Å². The Balaban J connectivity index is 2.24. The molecule has 2 rings (SSSR count). The summed E-state index contributed by atoms with van der Waals surface area (Å²) in [4.78, 5) is 25.6. The molecule has 1 aromatic rings. The monoisotopic (exact) mass is 304 g/mol. The van der Waals surface area contributed by atoms with Crippen LogP contribution in [0.2, 0.25) is 0 Å². The van der Waals surface area contributed by atoms with Crippen LogP contribution in [0.4, 0.5) is 4.79 Å². The van der Waals surface area contributed by atoms with E-state index in [0.29, 0.717) is 19.4 Å². The summed E-state index contributed by atoms with van der Waals surface area (Å²) in [5, 5.41) is 0. The summed E-state index contributed by atoms with van der Waals surface area (Å²) in [5.41, 5.74) is 5.90. The van der Waals surface area contributed by atoms with Crippen LogP contribution in [0, 0.1) is 5.92 Å². The van der Waals surface area contributed by atoms with Crippen molar-refractivity contribution in [2.24, 2.45) is 11.7 Å². The molecule has 1 heterocycles. The Hall–Kier alpha value is -2.04. The molecule has 0 spiro atoms. The van der Waals surface area contributed by atoms with Gasteiger partial charge in [0.2, 0.25) is 5.91 Å². The highest BCUT2D eigenvalue weighted by Crippen LogP contribution is 2.34. The normalized spacial score (nSPS) is 22.2. The standard InChI is InChI=1S/C17H24N2O3/c1-17(2,3)22-16(21)19-11-13(15(18)20)9-10-14(19)12-7-5-4-6-8-12/h4-8,13-14H,9-11H2,1-3H3,(H2,18,20). The van der Waals surface area contributed by atoms with E-state index in [9.17, 15) is 9.59 Å². The van der Waals surface area contributed by atoms with Crippen LogP contribution in [0.15, 0.2) is 30.3 Å². The van der Waals surface area contributed by atoms with Crippen molar-refractivity contribution in [3.63, 3.8) is 0 Å². The molecular formula is C17H24N2O3. The van der Waals surface area contributed by atoms with Gasteiger partial charge in [-0.1, -0.05) is 30.3 Å². The fourth-order valence-electron chi connectivity index (χ4n) is 2.75. The second-order valence-electron chi connectivity index (χ2n) is 6.74. The molecule has 0 aromatic heterocycles. The summed E-state index contributed by atoms with van der Waals surface area (Å²) in [6.45, 7) is 5.80. The van der Waals surface area contributed by atoms with Gasteiger partial charge in [0, 0.05) is 6.54 Å². The molecule has 1 aliphatic heterocycles. The third kappa shape index (κ3) is 4.00. The Kier molecular flexibility index (Phi) is 4.74. The zero-order valence-electron chi connectivity index (χ0n) is 13.4. The number of amides is 2. The fourth-order valence-corrected chi connectivity index (χ4v) is 2.75. The van der Waals surface area contributed by atoms with E-state index in [0.717, 1.165) is 5.56 Å². The predicted octanol–water partition coefficient (Wildman–Crippen LogP) is 2.86. The molecule has 1 aromatic carbocycles. The highest BCUT2D eigenvalue weighted by molar-refractivity contribution is 5.78. The Morgan fingerprint density at radius 1 is 1.18 bits per heavy atom. The molecule has 1 aliphatic rings. The van der Waals surface area contributed by atoms with Gasteiger partial charge in [-0.3, -0.25) is 4.79 Å². The van der Waals surface area contributed by atoms with E-state index < -0.39 is 11.7 Å². The van der Waals surface area contributed by atoms with Crippen molar-refractivity contribution in [1.82, 2.24) is 4.90 Å². The van der Waals surface area contributed by atoms with Crippen LogP contribution in [0.3, 0.4) is 0 Å². The third-order valence-corrected chi connectivity index (χ3v) is 3.80. The molecule has 22 heavy (non-hydrogen) atoms. The zero-order valence-corrected chi connectivity index (χ0v) is 13.4. The molecule has 0 radical (unpaired) electrons. The number of carbonyl (C=O) groups is 2. The van der Waals surface area contributed by atoms with E-state index in [1.54, 1.807) is 4.90 Å². The van der Waals surface area contributed by atoms with Crippen LogP contribution in [0.25, 0.3) is 0 Å². The Morgan fingerprint density at radius 2 is 1.82 bits per heavy atom. The molecule has 0 bridgehead atoms. The molecular weight excluding hydrogens is 280 g/mol. The van der Waals surface area contributed by atoms with Crippen molar-refractivity contribution in [2.75, 3.05) is 6.54 Å².